The quantitative estimate of drug-likeness (QED) is 0.846. The fourth-order valence-electron chi connectivity index (χ4n) is 2.50. The van der Waals surface area contributed by atoms with Gasteiger partial charge in [-0.15, -0.1) is 0 Å². The third-order valence-corrected chi connectivity index (χ3v) is 4.35. The summed E-state index contributed by atoms with van der Waals surface area (Å²) in [5.74, 6) is -1.79. The highest BCUT2D eigenvalue weighted by molar-refractivity contribution is 5.94. The van der Waals surface area contributed by atoms with E-state index in [1.54, 1.807) is 19.1 Å². The van der Waals surface area contributed by atoms with E-state index >= 15 is 0 Å². The predicted octanol–water partition coefficient (Wildman–Crippen LogP) is 2.47. The highest BCUT2D eigenvalue weighted by atomic mass is 19.1. The van der Waals surface area contributed by atoms with Crippen molar-refractivity contribution in [2.24, 2.45) is 5.92 Å². The Hall–Kier alpha value is -1.91. The van der Waals surface area contributed by atoms with Gasteiger partial charge in [0, 0.05) is 0 Å². The third-order valence-electron chi connectivity index (χ3n) is 4.35. The van der Waals surface area contributed by atoms with E-state index in [-0.39, 0.29) is 17.6 Å². The molecule has 1 aliphatic carbocycles. The molecule has 0 unspecified atom stereocenters. The minimum Gasteiger partial charge on any atom is -0.480 e. The molecular formula is C16H20FNO3. The Bertz CT molecular complexity index is 537. The molecule has 1 aliphatic rings. The number of halogens is 1. The van der Waals surface area contributed by atoms with Crippen LogP contribution in [-0.2, 0) is 15.0 Å². The maximum absolute atomic E-state index is 13.0. The molecule has 0 bridgehead atoms. The van der Waals surface area contributed by atoms with Crippen LogP contribution in [0.4, 0.5) is 4.39 Å². The second kappa shape index (κ2) is 5.84. The number of aliphatic carboxylic acids is 1. The number of rotatable bonds is 6. The van der Waals surface area contributed by atoms with Gasteiger partial charge in [0.05, 0.1) is 5.41 Å². The summed E-state index contributed by atoms with van der Waals surface area (Å²) < 4.78 is 13.0. The largest absolute Gasteiger partial charge is 0.480 e. The lowest BCUT2D eigenvalue weighted by atomic mass is 9.93. The molecule has 0 saturated heterocycles. The molecule has 1 aromatic carbocycles. The number of hydrogen-bond donors (Lipinski definition) is 2. The number of benzene rings is 1. The average molecular weight is 293 g/mol. The van der Waals surface area contributed by atoms with Crippen molar-refractivity contribution < 1.29 is 19.1 Å². The first-order chi connectivity index (χ1) is 9.90. The van der Waals surface area contributed by atoms with Crippen molar-refractivity contribution in [2.75, 3.05) is 0 Å². The van der Waals surface area contributed by atoms with Gasteiger partial charge in [0.25, 0.3) is 0 Å². The van der Waals surface area contributed by atoms with Crippen LogP contribution in [0, 0.1) is 11.7 Å². The summed E-state index contributed by atoms with van der Waals surface area (Å²) in [4.78, 5) is 23.8. The van der Waals surface area contributed by atoms with Crippen molar-refractivity contribution in [1.29, 1.82) is 0 Å². The average Bonchev–Trinajstić information content (AvgIpc) is 3.25. The van der Waals surface area contributed by atoms with E-state index in [1.807, 2.05) is 6.92 Å². The van der Waals surface area contributed by atoms with Gasteiger partial charge in [-0.2, -0.15) is 0 Å². The van der Waals surface area contributed by atoms with Crippen LogP contribution in [0.3, 0.4) is 0 Å². The first kappa shape index (κ1) is 15.5. The smallest absolute Gasteiger partial charge is 0.326 e. The number of hydrogen-bond acceptors (Lipinski definition) is 2. The minimum absolute atomic E-state index is 0.143. The fraction of sp³-hybridized carbons (Fsp3) is 0.500. The van der Waals surface area contributed by atoms with Crippen LogP contribution in [0.1, 0.15) is 38.7 Å². The molecule has 21 heavy (non-hydrogen) atoms. The zero-order valence-electron chi connectivity index (χ0n) is 12.2. The van der Waals surface area contributed by atoms with Crippen LogP contribution in [0.25, 0.3) is 0 Å². The lowest BCUT2D eigenvalue weighted by Crippen LogP contribution is -2.48. The van der Waals surface area contributed by atoms with E-state index in [9.17, 15) is 19.1 Å². The molecule has 0 spiro atoms. The van der Waals surface area contributed by atoms with E-state index in [2.05, 4.69) is 5.32 Å². The molecule has 0 aromatic heterocycles. The van der Waals surface area contributed by atoms with Gasteiger partial charge in [0.2, 0.25) is 5.91 Å². The Labute approximate surface area is 123 Å². The normalized spacial score (nSPS) is 18.6. The van der Waals surface area contributed by atoms with E-state index in [4.69, 9.17) is 0 Å². The molecule has 1 amide bonds. The van der Waals surface area contributed by atoms with Crippen molar-refractivity contribution in [3.8, 4) is 0 Å². The summed E-state index contributed by atoms with van der Waals surface area (Å²) in [6.07, 6.45) is 2.00. The molecule has 1 aromatic rings. The molecule has 1 fully saturated rings. The molecule has 1 saturated carbocycles. The molecule has 5 heteroatoms. The van der Waals surface area contributed by atoms with Crippen molar-refractivity contribution in [3.05, 3.63) is 35.6 Å². The van der Waals surface area contributed by atoms with Crippen LogP contribution < -0.4 is 5.32 Å². The van der Waals surface area contributed by atoms with Crippen molar-refractivity contribution in [3.63, 3.8) is 0 Å². The minimum atomic E-state index is -1.02. The van der Waals surface area contributed by atoms with Crippen LogP contribution in [-0.4, -0.2) is 23.0 Å². The van der Waals surface area contributed by atoms with Gasteiger partial charge >= 0.3 is 5.97 Å². The zero-order valence-corrected chi connectivity index (χ0v) is 12.2. The highest BCUT2D eigenvalue weighted by Crippen LogP contribution is 2.48. The number of carbonyl (C=O) groups excluding carboxylic acids is 1. The van der Waals surface area contributed by atoms with E-state index in [0.29, 0.717) is 19.3 Å². The summed E-state index contributed by atoms with van der Waals surface area (Å²) in [6, 6.07) is 4.96. The van der Waals surface area contributed by atoms with E-state index in [1.165, 1.54) is 12.1 Å². The van der Waals surface area contributed by atoms with Gasteiger partial charge in [-0.05, 0) is 36.5 Å². The molecule has 0 radical (unpaired) electrons. The van der Waals surface area contributed by atoms with E-state index < -0.39 is 17.4 Å². The summed E-state index contributed by atoms with van der Waals surface area (Å²) in [7, 11) is 0. The van der Waals surface area contributed by atoms with Gasteiger partial charge in [-0.1, -0.05) is 32.4 Å². The highest BCUT2D eigenvalue weighted by Gasteiger charge is 2.52. The summed E-state index contributed by atoms with van der Waals surface area (Å²) in [5.41, 5.74) is 0.0594. The Morgan fingerprint density at radius 3 is 2.33 bits per heavy atom. The molecule has 2 N–H and O–H groups in total. The first-order valence-electron chi connectivity index (χ1n) is 7.20. The second-order valence-corrected chi connectivity index (χ2v) is 5.76. The summed E-state index contributed by atoms with van der Waals surface area (Å²) in [6.45, 7) is 3.69. The second-order valence-electron chi connectivity index (χ2n) is 5.76. The Morgan fingerprint density at radius 2 is 1.90 bits per heavy atom. The lowest BCUT2D eigenvalue weighted by Gasteiger charge is -2.23. The van der Waals surface area contributed by atoms with Crippen LogP contribution >= 0.6 is 0 Å². The molecule has 114 valence electrons. The van der Waals surface area contributed by atoms with Crippen LogP contribution in [0.15, 0.2) is 24.3 Å². The monoisotopic (exact) mass is 293 g/mol. The first-order valence-corrected chi connectivity index (χ1v) is 7.20. The SMILES string of the molecule is CC[C@H](C)[C@H](NC(=O)C1(c2ccc(F)cc2)CC1)C(=O)O. The van der Waals surface area contributed by atoms with E-state index in [0.717, 1.165) is 5.56 Å². The van der Waals surface area contributed by atoms with Gasteiger partial charge in [0.15, 0.2) is 0 Å². The molecular weight excluding hydrogens is 273 g/mol. The Kier molecular flexibility index (Phi) is 4.30. The molecule has 0 heterocycles. The van der Waals surface area contributed by atoms with Crippen molar-refractivity contribution >= 4 is 11.9 Å². The van der Waals surface area contributed by atoms with Gasteiger partial charge < -0.3 is 10.4 Å². The third kappa shape index (κ3) is 3.06. The number of carbonyl (C=O) groups is 2. The Balaban J connectivity index is 2.15. The van der Waals surface area contributed by atoms with Crippen LogP contribution in [0.5, 0.6) is 0 Å². The summed E-state index contributed by atoms with van der Waals surface area (Å²) in [5, 5.41) is 11.9. The van der Waals surface area contributed by atoms with Crippen LogP contribution in [0.2, 0.25) is 0 Å². The number of carboxylic acid groups (broad SMARTS) is 1. The predicted molar refractivity (Wildman–Crippen MR) is 76.3 cm³/mol. The van der Waals surface area contributed by atoms with Gasteiger partial charge in [-0.25, -0.2) is 9.18 Å². The Morgan fingerprint density at radius 1 is 1.33 bits per heavy atom. The molecule has 0 aliphatic heterocycles. The van der Waals surface area contributed by atoms with Gasteiger partial charge in [0.1, 0.15) is 11.9 Å². The number of nitrogens with one attached hydrogen (secondary N) is 1. The van der Waals surface area contributed by atoms with Gasteiger partial charge in [-0.3, -0.25) is 4.79 Å². The molecule has 4 nitrogen and oxygen atoms in total. The maximum Gasteiger partial charge on any atom is 0.326 e. The number of amides is 1. The zero-order chi connectivity index (χ0) is 15.6. The fourth-order valence-corrected chi connectivity index (χ4v) is 2.50. The number of carboxylic acids is 1. The summed E-state index contributed by atoms with van der Waals surface area (Å²) >= 11 is 0. The lowest BCUT2D eigenvalue weighted by molar-refractivity contribution is -0.143. The van der Waals surface area contributed by atoms with Crippen molar-refractivity contribution in [1.82, 2.24) is 5.32 Å². The van der Waals surface area contributed by atoms with Crippen molar-refractivity contribution in [2.45, 2.75) is 44.6 Å². The standard InChI is InChI=1S/C16H20FNO3/c1-3-10(2)13(14(19)20)18-15(21)16(8-9-16)11-4-6-12(17)7-5-11/h4-7,10,13H,3,8-9H2,1-2H3,(H,18,21)(H,19,20)/t10-,13-/m0/s1. The maximum atomic E-state index is 13.0. The molecule has 2 atom stereocenters. The molecule has 2 rings (SSSR count). The topological polar surface area (TPSA) is 66.4 Å².